The van der Waals surface area contributed by atoms with Gasteiger partial charge in [-0.3, -0.25) is 0 Å². The number of ether oxygens (including phenoxy) is 1. The number of unbranched alkanes of at least 4 members (excludes halogenated alkanes) is 2. The van der Waals surface area contributed by atoms with Crippen LogP contribution in [0.2, 0.25) is 0 Å². The van der Waals surface area contributed by atoms with Gasteiger partial charge in [0.1, 0.15) is 5.75 Å². The highest BCUT2D eigenvalue weighted by Crippen LogP contribution is 2.37. The van der Waals surface area contributed by atoms with Crippen molar-refractivity contribution in [3.8, 4) is 5.75 Å². The van der Waals surface area contributed by atoms with Crippen molar-refractivity contribution in [3.05, 3.63) is 29.8 Å². The summed E-state index contributed by atoms with van der Waals surface area (Å²) in [7, 11) is 1.72. The van der Waals surface area contributed by atoms with Gasteiger partial charge in [-0.25, -0.2) is 0 Å². The van der Waals surface area contributed by atoms with E-state index in [1.807, 2.05) is 0 Å². The standard InChI is InChI=1S/C16H25NO/c1-3-4-5-10-17-15-11-14(12-15)13-6-8-16(18-2)9-7-13/h6-9,14-15,17H,3-5,10-12H2,1-2H3. The molecular formula is C16H25NO. The van der Waals surface area contributed by atoms with Crippen molar-refractivity contribution in [2.75, 3.05) is 13.7 Å². The van der Waals surface area contributed by atoms with Crippen LogP contribution in [-0.2, 0) is 0 Å². The molecule has 1 saturated carbocycles. The highest BCUT2D eigenvalue weighted by atomic mass is 16.5. The second kappa shape index (κ2) is 6.79. The van der Waals surface area contributed by atoms with Gasteiger partial charge < -0.3 is 10.1 Å². The third-order valence-electron chi connectivity index (χ3n) is 3.94. The molecule has 0 radical (unpaired) electrons. The predicted octanol–water partition coefficient (Wildman–Crippen LogP) is 3.72. The van der Waals surface area contributed by atoms with E-state index in [2.05, 4.69) is 36.5 Å². The van der Waals surface area contributed by atoms with Gasteiger partial charge >= 0.3 is 0 Å². The van der Waals surface area contributed by atoms with Crippen LogP contribution in [0, 0.1) is 0 Å². The summed E-state index contributed by atoms with van der Waals surface area (Å²) in [5.74, 6) is 1.70. The molecule has 18 heavy (non-hydrogen) atoms. The van der Waals surface area contributed by atoms with Crippen LogP contribution in [0.25, 0.3) is 0 Å². The van der Waals surface area contributed by atoms with Gasteiger partial charge in [0.15, 0.2) is 0 Å². The first-order valence-electron chi connectivity index (χ1n) is 7.20. The number of methoxy groups -OCH3 is 1. The van der Waals surface area contributed by atoms with E-state index in [0.29, 0.717) is 0 Å². The fourth-order valence-electron chi connectivity index (χ4n) is 2.61. The molecule has 1 aromatic rings. The zero-order valence-corrected chi connectivity index (χ0v) is 11.6. The Morgan fingerprint density at radius 1 is 1.17 bits per heavy atom. The molecule has 0 aromatic heterocycles. The average Bonchev–Trinajstić information content (AvgIpc) is 2.37. The summed E-state index contributed by atoms with van der Waals surface area (Å²) in [6, 6.07) is 9.29. The Morgan fingerprint density at radius 3 is 2.50 bits per heavy atom. The summed E-state index contributed by atoms with van der Waals surface area (Å²) in [6.45, 7) is 3.44. The van der Waals surface area contributed by atoms with Crippen molar-refractivity contribution in [3.63, 3.8) is 0 Å². The molecule has 0 spiro atoms. The second-order valence-electron chi connectivity index (χ2n) is 5.30. The quantitative estimate of drug-likeness (QED) is 0.741. The van der Waals surface area contributed by atoms with Gasteiger partial charge in [0.05, 0.1) is 7.11 Å². The molecule has 0 unspecified atom stereocenters. The van der Waals surface area contributed by atoms with Crippen LogP contribution in [0.1, 0.15) is 50.5 Å². The fraction of sp³-hybridized carbons (Fsp3) is 0.625. The molecule has 1 N–H and O–H groups in total. The molecule has 0 aliphatic heterocycles. The molecule has 1 fully saturated rings. The molecule has 1 aromatic carbocycles. The average molecular weight is 247 g/mol. The Hall–Kier alpha value is -1.02. The summed E-state index contributed by atoms with van der Waals surface area (Å²) in [6.07, 6.45) is 6.56. The molecule has 0 atom stereocenters. The van der Waals surface area contributed by atoms with E-state index < -0.39 is 0 Å². The van der Waals surface area contributed by atoms with Crippen LogP contribution in [-0.4, -0.2) is 19.7 Å². The van der Waals surface area contributed by atoms with Gasteiger partial charge in [-0.15, -0.1) is 0 Å². The van der Waals surface area contributed by atoms with Crippen LogP contribution in [0.5, 0.6) is 5.75 Å². The molecule has 2 heteroatoms. The number of rotatable bonds is 7. The topological polar surface area (TPSA) is 21.3 Å². The first-order valence-corrected chi connectivity index (χ1v) is 7.20. The lowest BCUT2D eigenvalue weighted by Crippen LogP contribution is -2.40. The van der Waals surface area contributed by atoms with E-state index in [-0.39, 0.29) is 0 Å². The zero-order valence-electron chi connectivity index (χ0n) is 11.6. The molecular weight excluding hydrogens is 222 g/mol. The molecule has 2 rings (SSSR count). The van der Waals surface area contributed by atoms with E-state index in [4.69, 9.17) is 4.74 Å². The molecule has 0 amide bonds. The van der Waals surface area contributed by atoms with Gasteiger partial charge in [-0.2, -0.15) is 0 Å². The molecule has 100 valence electrons. The molecule has 1 aliphatic rings. The molecule has 0 heterocycles. The molecule has 0 bridgehead atoms. The number of hydrogen-bond acceptors (Lipinski definition) is 2. The van der Waals surface area contributed by atoms with Crippen molar-refractivity contribution in [1.82, 2.24) is 5.32 Å². The van der Waals surface area contributed by atoms with Crippen molar-refractivity contribution < 1.29 is 4.74 Å². The first kappa shape index (κ1) is 13.4. The van der Waals surface area contributed by atoms with Crippen LogP contribution in [0.3, 0.4) is 0 Å². The Bertz CT molecular complexity index is 341. The predicted molar refractivity (Wildman–Crippen MR) is 76.3 cm³/mol. The molecule has 2 nitrogen and oxygen atoms in total. The third-order valence-corrected chi connectivity index (χ3v) is 3.94. The van der Waals surface area contributed by atoms with E-state index in [1.165, 1.54) is 44.2 Å². The highest BCUT2D eigenvalue weighted by molar-refractivity contribution is 5.30. The minimum atomic E-state index is 0.744. The second-order valence-corrected chi connectivity index (χ2v) is 5.30. The minimum Gasteiger partial charge on any atom is -0.497 e. The monoisotopic (exact) mass is 247 g/mol. The number of hydrogen-bond donors (Lipinski definition) is 1. The minimum absolute atomic E-state index is 0.744. The van der Waals surface area contributed by atoms with Crippen LogP contribution >= 0.6 is 0 Å². The van der Waals surface area contributed by atoms with Crippen LogP contribution in [0.4, 0.5) is 0 Å². The maximum atomic E-state index is 5.19. The lowest BCUT2D eigenvalue weighted by Gasteiger charge is -2.36. The van der Waals surface area contributed by atoms with Crippen molar-refractivity contribution in [1.29, 1.82) is 0 Å². The van der Waals surface area contributed by atoms with Crippen LogP contribution in [0.15, 0.2) is 24.3 Å². The summed E-state index contributed by atoms with van der Waals surface area (Å²) in [4.78, 5) is 0. The fourth-order valence-corrected chi connectivity index (χ4v) is 2.61. The zero-order chi connectivity index (χ0) is 12.8. The Balaban J connectivity index is 1.68. The van der Waals surface area contributed by atoms with E-state index in [0.717, 1.165) is 17.7 Å². The van der Waals surface area contributed by atoms with Crippen molar-refractivity contribution in [2.24, 2.45) is 0 Å². The maximum absolute atomic E-state index is 5.19. The van der Waals surface area contributed by atoms with E-state index in [1.54, 1.807) is 7.11 Å². The first-order chi connectivity index (χ1) is 8.83. The maximum Gasteiger partial charge on any atom is 0.118 e. The van der Waals surface area contributed by atoms with Crippen molar-refractivity contribution >= 4 is 0 Å². The van der Waals surface area contributed by atoms with Gasteiger partial charge in [-0.05, 0) is 49.4 Å². The Kier molecular flexibility index (Phi) is 5.06. The van der Waals surface area contributed by atoms with Gasteiger partial charge in [0.25, 0.3) is 0 Å². The SMILES string of the molecule is CCCCCNC1CC(c2ccc(OC)cc2)C1. The van der Waals surface area contributed by atoms with E-state index in [9.17, 15) is 0 Å². The third kappa shape index (κ3) is 3.49. The summed E-state index contributed by atoms with van der Waals surface area (Å²) in [5.41, 5.74) is 1.46. The Labute approximate surface area is 111 Å². The van der Waals surface area contributed by atoms with Crippen molar-refractivity contribution in [2.45, 2.75) is 51.0 Å². The van der Waals surface area contributed by atoms with Gasteiger partial charge in [0, 0.05) is 6.04 Å². The number of benzene rings is 1. The lowest BCUT2D eigenvalue weighted by molar-refractivity contribution is 0.289. The van der Waals surface area contributed by atoms with Gasteiger partial charge in [-0.1, -0.05) is 31.9 Å². The Morgan fingerprint density at radius 2 is 1.89 bits per heavy atom. The molecule has 0 saturated heterocycles. The largest absolute Gasteiger partial charge is 0.497 e. The summed E-state index contributed by atoms with van der Waals surface area (Å²) < 4.78 is 5.19. The summed E-state index contributed by atoms with van der Waals surface area (Å²) in [5, 5.41) is 3.65. The normalized spacial score (nSPS) is 22.6. The van der Waals surface area contributed by atoms with Gasteiger partial charge in [0.2, 0.25) is 0 Å². The molecule has 1 aliphatic carbocycles. The summed E-state index contributed by atoms with van der Waals surface area (Å²) >= 11 is 0. The van der Waals surface area contributed by atoms with Crippen LogP contribution < -0.4 is 10.1 Å². The number of nitrogens with one attached hydrogen (secondary N) is 1. The highest BCUT2D eigenvalue weighted by Gasteiger charge is 2.29. The lowest BCUT2D eigenvalue weighted by atomic mass is 9.76. The smallest absolute Gasteiger partial charge is 0.118 e. The van der Waals surface area contributed by atoms with E-state index >= 15 is 0 Å².